The Morgan fingerprint density at radius 1 is 0.968 bits per heavy atom. The highest BCUT2D eigenvalue weighted by Crippen LogP contribution is 2.30. The molecule has 0 amide bonds. The number of imidazole rings is 1. The number of hydrogen-bond donors (Lipinski definition) is 2. The van der Waals surface area contributed by atoms with Crippen LogP contribution >= 0.6 is 11.6 Å². The molecule has 2 aromatic carbocycles. The molecule has 4 aromatic rings. The Morgan fingerprint density at radius 2 is 1.81 bits per heavy atom. The first-order chi connectivity index (χ1) is 15.2. The zero-order chi connectivity index (χ0) is 20.8. The lowest BCUT2D eigenvalue weighted by molar-refractivity contribution is 0.0115. The molecule has 160 valence electrons. The summed E-state index contributed by atoms with van der Waals surface area (Å²) in [6.45, 7) is 6.04. The van der Waals surface area contributed by atoms with Gasteiger partial charge in [0.25, 0.3) is 0 Å². The van der Waals surface area contributed by atoms with E-state index < -0.39 is 0 Å². The Bertz CT molecular complexity index is 1220. The maximum atomic E-state index is 6.19. The second-order valence-electron chi connectivity index (χ2n) is 8.42. The van der Waals surface area contributed by atoms with Crippen LogP contribution in [0.5, 0.6) is 0 Å². The molecule has 2 N–H and O–H groups in total. The van der Waals surface area contributed by atoms with E-state index in [0.717, 1.165) is 72.8 Å². The first kappa shape index (κ1) is 19.1. The highest BCUT2D eigenvalue weighted by atomic mass is 35.5. The summed E-state index contributed by atoms with van der Waals surface area (Å²) in [5.74, 6) is 0.756. The van der Waals surface area contributed by atoms with Gasteiger partial charge < -0.3 is 14.6 Å². The number of ether oxygens (including phenoxy) is 1. The van der Waals surface area contributed by atoms with E-state index in [1.165, 1.54) is 18.5 Å². The fraction of sp³-hybridized carbons (Fsp3) is 0.391. The molecule has 0 saturated carbocycles. The summed E-state index contributed by atoms with van der Waals surface area (Å²) in [6, 6.07) is 12.9. The average Bonchev–Trinajstić information content (AvgIpc) is 3.42. The summed E-state index contributed by atoms with van der Waals surface area (Å²) >= 11 is 6.19. The molecule has 31 heavy (non-hydrogen) atoms. The molecule has 2 aromatic heterocycles. The minimum atomic E-state index is 0.683. The van der Waals surface area contributed by atoms with Crippen molar-refractivity contribution in [1.82, 2.24) is 25.1 Å². The average molecular weight is 437 g/mol. The topological polar surface area (TPSA) is 73.1 Å². The standard InChI is InChI=1S/C23H25ClN6O/c24-15-1-3-19-18(13-15)22(28-27-19)23-25-20-4-2-17(14-21(20)26-23)29-7-5-16(6-8-29)30-9-11-31-12-10-30/h1-4,13-14,16H,5-12H2,(H,25,26)(H,27,28). The molecular formula is C23H25ClN6O. The van der Waals surface area contributed by atoms with E-state index in [9.17, 15) is 0 Å². The van der Waals surface area contributed by atoms with Crippen molar-refractivity contribution in [3.05, 3.63) is 41.4 Å². The van der Waals surface area contributed by atoms with Crippen molar-refractivity contribution >= 4 is 39.2 Å². The molecule has 2 aliphatic heterocycles. The Hall–Kier alpha value is -2.61. The smallest absolute Gasteiger partial charge is 0.159 e. The largest absolute Gasteiger partial charge is 0.379 e. The van der Waals surface area contributed by atoms with Crippen molar-refractivity contribution in [2.24, 2.45) is 0 Å². The Morgan fingerprint density at radius 3 is 2.65 bits per heavy atom. The predicted octanol–water partition coefficient (Wildman–Crippen LogP) is 4.06. The maximum Gasteiger partial charge on any atom is 0.159 e. The fourth-order valence-electron chi connectivity index (χ4n) is 4.91. The van der Waals surface area contributed by atoms with Crippen LogP contribution < -0.4 is 4.90 Å². The number of aromatic nitrogens is 4. The number of halogens is 1. The number of morpholine rings is 1. The highest BCUT2D eigenvalue weighted by Gasteiger charge is 2.26. The van der Waals surface area contributed by atoms with E-state index in [0.29, 0.717) is 11.1 Å². The number of nitrogens with one attached hydrogen (secondary N) is 2. The minimum Gasteiger partial charge on any atom is -0.379 e. The monoisotopic (exact) mass is 436 g/mol. The van der Waals surface area contributed by atoms with Crippen molar-refractivity contribution in [2.75, 3.05) is 44.3 Å². The van der Waals surface area contributed by atoms with Crippen molar-refractivity contribution in [3.8, 4) is 11.5 Å². The van der Waals surface area contributed by atoms with Gasteiger partial charge in [0.2, 0.25) is 0 Å². The van der Waals surface area contributed by atoms with Crippen molar-refractivity contribution in [1.29, 1.82) is 0 Å². The van der Waals surface area contributed by atoms with Gasteiger partial charge in [-0.15, -0.1) is 0 Å². The molecule has 0 spiro atoms. The minimum absolute atomic E-state index is 0.683. The molecule has 4 heterocycles. The summed E-state index contributed by atoms with van der Waals surface area (Å²) in [5, 5.41) is 9.19. The van der Waals surface area contributed by atoms with Gasteiger partial charge >= 0.3 is 0 Å². The third kappa shape index (κ3) is 3.56. The van der Waals surface area contributed by atoms with E-state index in [-0.39, 0.29) is 0 Å². The van der Waals surface area contributed by atoms with Crippen LogP contribution in [-0.2, 0) is 4.74 Å². The molecule has 0 radical (unpaired) electrons. The molecule has 2 fully saturated rings. The number of piperidine rings is 1. The predicted molar refractivity (Wildman–Crippen MR) is 124 cm³/mol. The van der Waals surface area contributed by atoms with Gasteiger partial charge in [-0.1, -0.05) is 11.6 Å². The quantitative estimate of drug-likeness (QED) is 0.506. The molecule has 2 saturated heterocycles. The van der Waals surface area contributed by atoms with Crippen LogP contribution in [0, 0.1) is 0 Å². The van der Waals surface area contributed by atoms with Gasteiger partial charge in [0, 0.05) is 48.3 Å². The SMILES string of the molecule is Clc1ccc2[nH]nc(-c3nc4ccc(N5CCC(N6CCOCC6)CC5)cc4[nH]3)c2c1. The van der Waals surface area contributed by atoms with E-state index >= 15 is 0 Å². The zero-order valence-electron chi connectivity index (χ0n) is 17.3. The highest BCUT2D eigenvalue weighted by molar-refractivity contribution is 6.31. The number of fused-ring (bicyclic) bond motifs is 2. The van der Waals surface area contributed by atoms with Gasteiger partial charge in [-0.2, -0.15) is 5.10 Å². The summed E-state index contributed by atoms with van der Waals surface area (Å²) in [6.07, 6.45) is 2.40. The van der Waals surface area contributed by atoms with Crippen molar-refractivity contribution in [2.45, 2.75) is 18.9 Å². The molecule has 0 atom stereocenters. The van der Waals surface area contributed by atoms with Gasteiger partial charge in [0.1, 0.15) is 5.69 Å². The Labute approximate surface area is 185 Å². The van der Waals surface area contributed by atoms with Crippen LogP contribution in [0.1, 0.15) is 12.8 Å². The zero-order valence-corrected chi connectivity index (χ0v) is 18.0. The van der Waals surface area contributed by atoms with Gasteiger partial charge in [0.15, 0.2) is 5.82 Å². The summed E-state index contributed by atoms with van der Waals surface area (Å²) in [7, 11) is 0. The van der Waals surface area contributed by atoms with Crippen molar-refractivity contribution in [3.63, 3.8) is 0 Å². The van der Waals surface area contributed by atoms with Gasteiger partial charge in [-0.05, 0) is 49.2 Å². The number of H-pyrrole nitrogens is 2. The summed E-state index contributed by atoms with van der Waals surface area (Å²) < 4.78 is 5.51. The number of hydrogen-bond acceptors (Lipinski definition) is 5. The summed E-state index contributed by atoms with van der Waals surface area (Å²) in [4.78, 5) is 13.3. The number of nitrogens with zero attached hydrogens (tertiary/aromatic N) is 4. The normalized spacial score (nSPS) is 18.9. The molecule has 0 bridgehead atoms. The maximum absolute atomic E-state index is 6.19. The van der Waals surface area contributed by atoms with Crippen LogP contribution in [0.3, 0.4) is 0 Å². The second-order valence-corrected chi connectivity index (χ2v) is 8.85. The van der Waals surface area contributed by atoms with Gasteiger partial charge in [-0.3, -0.25) is 10.00 Å². The third-order valence-corrected chi connectivity index (χ3v) is 6.84. The van der Waals surface area contributed by atoms with Crippen LogP contribution in [0.4, 0.5) is 5.69 Å². The Balaban J connectivity index is 1.23. The first-order valence-corrected chi connectivity index (χ1v) is 11.3. The van der Waals surface area contributed by atoms with E-state index in [4.69, 9.17) is 21.3 Å². The molecule has 0 aliphatic carbocycles. The molecule has 2 aliphatic rings. The van der Waals surface area contributed by atoms with E-state index in [2.05, 4.69) is 43.2 Å². The molecule has 7 nitrogen and oxygen atoms in total. The number of anilines is 1. The van der Waals surface area contributed by atoms with Crippen LogP contribution in [0.2, 0.25) is 5.02 Å². The lowest BCUT2D eigenvalue weighted by atomic mass is 10.0. The second kappa shape index (κ2) is 7.82. The van der Waals surface area contributed by atoms with Gasteiger partial charge in [-0.25, -0.2) is 4.98 Å². The molecule has 0 unspecified atom stereocenters. The van der Waals surface area contributed by atoms with Crippen LogP contribution in [0.15, 0.2) is 36.4 Å². The van der Waals surface area contributed by atoms with Crippen molar-refractivity contribution < 1.29 is 4.74 Å². The number of aromatic amines is 2. The summed E-state index contributed by atoms with van der Waals surface area (Å²) in [5.41, 5.74) is 4.96. The number of rotatable bonds is 3. The lowest BCUT2D eigenvalue weighted by Crippen LogP contribution is -2.49. The fourth-order valence-corrected chi connectivity index (χ4v) is 5.08. The van der Waals surface area contributed by atoms with Crippen LogP contribution in [0.25, 0.3) is 33.5 Å². The van der Waals surface area contributed by atoms with E-state index in [1.807, 2.05) is 18.2 Å². The van der Waals surface area contributed by atoms with Crippen LogP contribution in [-0.4, -0.2) is 70.5 Å². The van der Waals surface area contributed by atoms with Gasteiger partial charge in [0.05, 0.1) is 29.8 Å². The first-order valence-electron chi connectivity index (χ1n) is 11.0. The lowest BCUT2D eigenvalue weighted by Gasteiger charge is -2.40. The van der Waals surface area contributed by atoms with E-state index in [1.54, 1.807) is 0 Å². The third-order valence-electron chi connectivity index (χ3n) is 6.61. The number of benzene rings is 2. The molecular weight excluding hydrogens is 412 g/mol. The molecule has 8 heteroatoms. The molecule has 6 rings (SSSR count). The Kier molecular flexibility index (Phi) is 4.82.